The molecule has 5 fully saturated rings. The van der Waals surface area contributed by atoms with Gasteiger partial charge in [0.2, 0.25) is 0 Å². The van der Waals surface area contributed by atoms with Crippen molar-refractivity contribution < 1.29 is 9.84 Å². The van der Waals surface area contributed by atoms with Crippen LogP contribution in [0.2, 0.25) is 0 Å². The van der Waals surface area contributed by atoms with Crippen LogP contribution in [0, 0.1) is 35.0 Å². The summed E-state index contributed by atoms with van der Waals surface area (Å²) < 4.78 is 7.17. The van der Waals surface area contributed by atoms with Crippen molar-refractivity contribution in [1.82, 2.24) is 5.32 Å². The van der Waals surface area contributed by atoms with Crippen molar-refractivity contribution in [2.75, 3.05) is 6.61 Å². The van der Waals surface area contributed by atoms with E-state index in [2.05, 4.69) is 51.4 Å². The van der Waals surface area contributed by atoms with Gasteiger partial charge in [0.15, 0.2) is 0 Å². The van der Waals surface area contributed by atoms with Crippen LogP contribution in [0.3, 0.4) is 0 Å². The molecule has 3 aliphatic carbocycles. The van der Waals surface area contributed by atoms with Crippen LogP contribution < -0.4 is 16.8 Å². The highest BCUT2D eigenvalue weighted by Gasteiger charge is 2.64. The van der Waals surface area contributed by atoms with Gasteiger partial charge in [-0.25, -0.2) is 0 Å². The second-order valence-electron chi connectivity index (χ2n) is 14.7. The minimum atomic E-state index is -0.320. The number of hydrogen-bond donors (Lipinski definition) is 4. The molecule has 204 valence electrons. The first-order chi connectivity index (χ1) is 17.0. The molecule has 3 aliphatic heterocycles. The zero-order chi connectivity index (χ0) is 25.8. The van der Waals surface area contributed by atoms with Crippen LogP contribution in [-0.2, 0) is 4.74 Å². The van der Waals surface area contributed by atoms with E-state index >= 15 is 0 Å². The lowest BCUT2D eigenvalue weighted by atomic mass is 9.51. The van der Waals surface area contributed by atoms with Gasteiger partial charge in [-0.2, -0.15) is 0 Å². The average molecular weight is 500 g/mol. The first kappa shape index (κ1) is 26.7. The van der Waals surface area contributed by atoms with Gasteiger partial charge in [-0.15, -0.1) is 0 Å². The molecule has 2 bridgehead atoms. The Morgan fingerprint density at radius 2 is 1.92 bits per heavy atom. The molecule has 0 aromatic heterocycles. The van der Waals surface area contributed by atoms with E-state index in [4.69, 9.17) is 16.2 Å². The van der Waals surface area contributed by atoms with Crippen molar-refractivity contribution in [3.8, 4) is 0 Å². The monoisotopic (exact) mass is 499 g/mol. The molecule has 5 heteroatoms. The summed E-state index contributed by atoms with van der Waals surface area (Å²) in [6.45, 7) is 9.47. The number of rotatable bonds is 7. The molecule has 1 unspecified atom stereocenters. The maximum absolute atomic E-state index is 9.94. The van der Waals surface area contributed by atoms with Crippen molar-refractivity contribution >= 4 is 0 Å². The first-order valence-electron chi connectivity index (χ1n) is 15.0. The Labute approximate surface area is 219 Å². The van der Waals surface area contributed by atoms with E-state index in [-0.39, 0.29) is 29.5 Å². The first-order valence-corrected chi connectivity index (χ1v) is 15.0. The standard InChI is InChI=1S/C31H53N3O2/c1-21(2)13-22-7-9-29(16-22)17-24(14-23-5-6-27(32)34-19-23)15-25(18-29)31-10-8-26(28(3,4)36-31)30(33,20-31)11-12-35/h5-6,19,21-22,24-27,34-35H,7-18,20,32-33H2,1-4H3/t22-,24-,25-,26-,27?,29+,30-,31-/m0/s1. The summed E-state index contributed by atoms with van der Waals surface area (Å²) >= 11 is 0. The lowest BCUT2D eigenvalue weighted by Gasteiger charge is -2.66. The number of aliphatic hydroxyl groups excluding tert-OH is 1. The molecular weight excluding hydrogens is 446 g/mol. The van der Waals surface area contributed by atoms with E-state index in [9.17, 15) is 5.11 Å². The van der Waals surface area contributed by atoms with E-state index in [1.807, 2.05) is 0 Å². The normalized spacial score (nSPS) is 45.8. The zero-order valence-corrected chi connectivity index (χ0v) is 23.4. The van der Waals surface area contributed by atoms with Crippen LogP contribution in [0.25, 0.3) is 0 Å². The molecule has 6 aliphatic rings. The van der Waals surface area contributed by atoms with E-state index in [0.29, 0.717) is 29.6 Å². The highest BCUT2D eigenvalue weighted by molar-refractivity contribution is 5.24. The summed E-state index contributed by atoms with van der Waals surface area (Å²) in [4.78, 5) is 0. The van der Waals surface area contributed by atoms with E-state index in [0.717, 1.165) is 37.5 Å². The Kier molecular flexibility index (Phi) is 7.20. The molecule has 0 radical (unpaired) electrons. The Balaban J connectivity index is 1.43. The Morgan fingerprint density at radius 1 is 1.14 bits per heavy atom. The van der Waals surface area contributed by atoms with Gasteiger partial charge in [-0.3, -0.25) is 0 Å². The van der Waals surface area contributed by atoms with E-state index in [1.165, 1.54) is 50.5 Å². The number of dihydropyridines is 1. The molecule has 0 aromatic rings. The molecule has 3 heterocycles. The third kappa shape index (κ3) is 5.07. The summed E-state index contributed by atoms with van der Waals surface area (Å²) in [6.07, 6.45) is 20.8. The molecule has 36 heavy (non-hydrogen) atoms. The van der Waals surface area contributed by atoms with Gasteiger partial charge in [0, 0.05) is 24.3 Å². The smallest absolute Gasteiger partial charge is 0.0934 e. The van der Waals surface area contributed by atoms with Crippen LogP contribution >= 0.6 is 0 Å². The second-order valence-corrected chi connectivity index (χ2v) is 14.7. The summed E-state index contributed by atoms with van der Waals surface area (Å²) in [5.41, 5.74) is 14.3. The van der Waals surface area contributed by atoms with Crippen LogP contribution in [0.5, 0.6) is 0 Å². The van der Waals surface area contributed by atoms with Crippen molar-refractivity contribution in [3.05, 3.63) is 23.9 Å². The maximum atomic E-state index is 9.94. The Hall–Kier alpha value is -0.880. The predicted octanol–water partition coefficient (Wildman–Crippen LogP) is 5.38. The number of aliphatic hydroxyl groups is 1. The minimum Gasteiger partial charge on any atom is -0.396 e. The maximum Gasteiger partial charge on any atom is 0.0934 e. The van der Waals surface area contributed by atoms with Crippen molar-refractivity contribution in [3.63, 3.8) is 0 Å². The summed E-state index contributed by atoms with van der Waals surface area (Å²) in [7, 11) is 0. The van der Waals surface area contributed by atoms with Gasteiger partial charge in [-0.1, -0.05) is 19.9 Å². The molecule has 0 aromatic carbocycles. The van der Waals surface area contributed by atoms with Gasteiger partial charge in [0.1, 0.15) is 0 Å². The van der Waals surface area contributed by atoms with Gasteiger partial charge in [-0.05, 0) is 132 Å². The lowest BCUT2D eigenvalue weighted by molar-refractivity contribution is -0.291. The molecule has 0 amide bonds. The average Bonchev–Trinajstić information content (AvgIpc) is 3.14. The summed E-state index contributed by atoms with van der Waals surface area (Å²) in [6, 6.07) is 0. The lowest BCUT2D eigenvalue weighted by Crippen LogP contribution is -2.72. The molecule has 1 spiro atoms. The predicted molar refractivity (Wildman–Crippen MR) is 147 cm³/mol. The molecule has 2 saturated heterocycles. The second kappa shape index (κ2) is 9.70. The highest BCUT2D eigenvalue weighted by Crippen LogP contribution is 2.64. The highest BCUT2D eigenvalue weighted by atomic mass is 16.5. The zero-order valence-electron chi connectivity index (χ0n) is 23.4. The summed E-state index contributed by atoms with van der Waals surface area (Å²) in [5.74, 6) is 3.18. The number of ether oxygens (including phenoxy) is 1. The number of allylic oxidation sites excluding steroid dienone is 2. The number of nitrogens with two attached hydrogens (primary N) is 2. The topological polar surface area (TPSA) is 93.5 Å². The third-order valence-corrected chi connectivity index (χ3v) is 10.9. The number of nitrogens with one attached hydrogen (secondary N) is 1. The van der Waals surface area contributed by atoms with Gasteiger partial charge < -0.3 is 26.6 Å². The molecule has 8 atom stereocenters. The fraction of sp³-hybridized carbons (Fsp3) is 0.871. The fourth-order valence-corrected chi connectivity index (χ4v) is 9.97. The largest absolute Gasteiger partial charge is 0.396 e. The number of hydrogen-bond acceptors (Lipinski definition) is 5. The fourth-order valence-electron chi connectivity index (χ4n) is 9.97. The van der Waals surface area contributed by atoms with E-state index in [1.54, 1.807) is 0 Å². The molecule has 6 rings (SSSR count). The summed E-state index contributed by atoms with van der Waals surface area (Å²) in [5, 5.41) is 13.3. The quantitative estimate of drug-likeness (QED) is 0.377. The third-order valence-electron chi connectivity index (χ3n) is 10.9. The molecule has 6 N–H and O–H groups in total. The van der Waals surface area contributed by atoms with E-state index < -0.39 is 0 Å². The Morgan fingerprint density at radius 3 is 2.58 bits per heavy atom. The Bertz CT molecular complexity index is 868. The minimum absolute atomic E-state index is 0.0676. The number of fused-ring (bicyclic) bond motifs is 3. The molecule has 3 saturated carbocycles. The van der Waals surface area contributed by atoms with Gasteiger partial charge in [0.25, 0.3) is 0 Å². The van der Waals surface area contributed by atoms with Crippen molar-refractivity contribution in [1.29, 1.82) is 0 Å². The van der Waals surface area contributed by atoms with Crippen LogP contribution in [-0.4, -0.2) is 34.6 Å². The molecular formula is C31H53N3O2. The van der Waals surface area contributed by atoms with Crippen molar-refractivity contribution in [2.45, 2.75) is 128 Å². The van der Waals surface area contributed by atoms with Gasteiger partial charge >= 0.3 is 0 Å². The van der Waals surface area contributed by atoms with Crippen LogP contribution in [0.4, 0.5) is 0 Å². The van der Waals surface area contributed by atoms with Gasteiger partial charge in [0.05, 0.1) is 17.4 Å². The molecule has 5 nitrogen and oxygen atoms in total. The van der Waals surface area contributed by atoms with Crippen LogP contribution in [0.1, 0.15) is 105 Å². The van der Waals surface area contributed by atoms with Crippen molar-refractivity contribution in [2.24, 2.45) is 46.5 Å². The SMILES string of the molecule is CC(C)C[C@@H]1CC[C@@]2(C1)C[C@@H](CC1=CNC(N)C=C1)C[C@H]([C@@]13CC[C@@H](C(C)(C)O1)[C@](N)(CCO)C3)C2. The van der Waals surface area contributed by atoms with Crippen LogP contribution in [0.15, 0.2) is 23.9 Å².